The number of amides is 1. The van der Waals surface area contributed by atoms with Crippen molar-refractivity contribution in [2.45, 2.75) is 89.2 Å². The summed E-state index contributed by atoms with van der Waals surface area (Å²) in [5.41, 5.74) is 0. The van der Waals surface area contributed by atoms with Crippen molar-refractivity contribution in [1.29, 1.82) is 0 Å². The van der Waals surface area contributed by atoms with Crippen LogP contribution in [0.25, 0.3) is 0 Å². The highest BCUT2D eigenvalue weighted by Crippen LogP contribution is 2.34. The maximum absolute atomic E-state index is 13.8. The molecule has 1 N–H and O–H groups in total. The summed E-state index contributed by atoms with van der Waals surface area (Å²) in [6.45, 7) is 2.33. The fourth-order valence-electron chi connectivity index (χ4n) is 3.22. The number of unbranched alkanes of at least 4 members (excludes halogenated alkanes) is 5. The van der Waals surface area contributed by atoms with E-state index in [9.17, 15) is 23.5 Å². The number of aliphatic hydroxyl groups is 1. The van der Waals surface area contributed by atoms with E-state index in [4.69, 9.17) is 0 Å². The lowest BCUT2D eigenvalue weighted by Crippen LogP contribution is -2.36. The van der Waals surface area contributed by atoms with Gasteiger partial charge in [-0.25, -0.2) is 0 Å². The Hall–Kier alpha value is -1.50. The van der Waals surface area contributed by atoms with Gasteiger partial charge in [-0.3, -0.25) is 9.59 Å². The van der Waals surface area contributed by atoms with Gasteiger partial charge in [-0.15, -0.1) is 0 Å². The average molecular weight is 389 g/mol. The molecule has 0 aromatic carbocycles. The fourth-order valence-corrected chi connectivity index (χ4v) is 3.22. The Morgan fingerprint density at radius 2 is 2.00 bits per heavy atom. The first kappa shape index (κ1) is 23.5. The molecule has 0 aliphatic carbocycles. The Balaban J connectivity index is 2.45. The lowest BCUT2D eigenvalue weighted by Gasteiger charge is -2.22. The van der Waals surface area contributed by atoms with Crippen LogP contribution in [0, 0.1) is 0 Å². The van der Waals surface area contributed by atoms with Crippen molar-refractivity contribution in [1.82, 2.24) is 4.90 Å². The molecule has 1 saturated heterocycles. The predicted octanol–water partition coefficient (Wildman–Crippen LogP) is 3.84. The van der Waals surface area contributed by atoms with Crippen molar-refractivity contribution in [2.75, 3.05) is 13.7 Å². The third-order valence-electron chi connectivity index (χ3n) is 4.86. The van der Waals surface area contributed by atoms with Crippen LogP contribution in [-0.2, 0) is 14.3 Å². The van der Waals surface area contributed by atoms with E-state index in [2.05, 4.69) is 11.7 Å². The van der Waals surface area contributed by atoms with E-state index in [-0.39, 0.29) is 12.5 Å². The molecule has 7 heteroatoms. The first-order chi connectivity index (χ1) is 12.8. The number of carbonyl (C=O) groups is 2. The Labute approximate surface area is 160 Å². The minimum atomic E-state index is -3.34. The van der Waals surface area contributed by atoms with Gasteiger partial charge < -0.3 is 14.7 Å². The Morgan fingerprint density at radius 3 is 2.67 bits per heavy atom. The van der Waals surface area contributed by atoms with E-state index in [1.54, 1.807) is 12.2 Å². The SMILES string of the molecule is CCCCC[C@@H](O)/C=C/[C@H]1CC(F)(F)C(=O)N1CCCCCCC(=O)OC. The smallest absolute Gasteiger partial charge is 0.327 e. The summed E-state index contributed by atoms with van der Waals surface area (Å²) in [5, 5.41) is 9.94. The zero-order chi connectivity index (χ0) is 20.3. The molecule has 1 amide bonds. The van der Waals surface area contributed by atoms with Gasteiger partial charge in [0.25, 0.3) is 5.91 Å². The second-order valence-corrected chi connectivity index (χ2v) is 7.16. The highest BCUT2D eigenvalue weighted by Gasteiger charge is 2.52. The molecule has 1 heterocycles. The summed E-state index contributed by atoms with van der Waals surface area (Å²) in [7, 11) is 1.34. The van der Waals surface area contributed by atoms with Crippen LogP contribution in [0.1, 0.15) is 71.1 Å². The molecule has 2 atom stereocenters. The third-order valence-corrected chi connectivity index (χ3v) is 4.86. The van der Waals surface area contributed by atoms with Gasteiger partial charge in [0.15, 0.2) is 0 Å². The topological polar surface area (TPSA) is 66.8 Å². The molecule has 27 heavy (non-hydrogen) atoms. The fraction of sp³-hybridized carbons (Fsp3) is 0.800. The minimum absolute atomic E-state index is 0.257. The molecule has 0 saturated carbocycles. The van der Waals surface area contributed by atoms with Crippen molar-refractivity contribution in [3.05, 3.63) is 12.2 Å². The molecule has 1 aliphatic heterocycles. The van der Waals surface area contributed by atoms with Crippen molar-refractivity contribution < 1.29 is 28.2 Å². The monoisotopic (exact) mass is 389 g/mol. The van der Waals surface area contributed by atoms with Crippen LogP contribution in [0.3, 0.4) is 0 Å². The number of carbonyl (C=O) groups excluding carboxylic acids is 2. The molecule has 1 fully saturated rings. The Morgan fingerprint density at radius 1 is 1.30 bits per heavy atom. The molecule has 1 aliphatic rings. The third kappa shape index (κ3) is 8.37. The molecule has 0 unspecified atom stereocenters. The number of hydrogen-bond donors (Lipinski definition) is 1. The number of nitrogens with zero attached hydrogens (tertiary/aromatic N) is 1. The molecule has 0 bridgehead atoms. The molecule has 0 radical (unpaired) electrons. The van der Waals surface area contributed by atoms with Gasteiger partial charge in [-0.1, -0.05) is 51.2 Å². The largest absolute Gasteiger partial charge is 0.469 e. The van der Waals surface area contributed by atoms with Gasteiger partial charge in [0, 0.05) is 19.4 Å². The number of likely N-dealkylation sites (tertiary alicyclic amines) is 1. The quantitative estimate of drug-likeness (QED) is 0.295. The molecule has 5 nitrogen and oxygen atoms in total. The maximum Gasteiger partial charge on any atom is 0.327 e. The van der Waals surface area contributed by atoms with E-state index in [1.165, 1.54) is 12.0 Å². The van der Waals surface area contributed by atoms with Crippen LogP contribution < -0.4 is 0 Å². The number of halogens is 2. The normalized spacial score (nSPS) is 20.4. The molecule has 0 aromatic heterocycles. The second kappa shape index (κ2) is 12.1. The predicted molar refractivity (Wildman–Crippen MR) is 99.5 cm³/mol. The van der Waals surface area contributed by atoms with Crippen LogP contribution in [0.4, 0.5) is 8.78 Å². The van der Waals surface area contributed by atoms with E-state index < -0.39 is 30.4 Å². The molecule has 156 valence electrons. The van der Waals surface area contributed by atoms with Crippen LogP contribution >= 0.6 is 0 Å². The number of rotatable bonds is 13. The summed E-state index contributed by atoms with van der Waals surface area (Å²) < 4.78 is 32.2. The average Bonchev–Trinajstić information content (AvgIpc) is 2.85. The van der Waals surface area contributed by atoms with Gasteiger partial charge in [-0.05, 0) is 19.3 Å². The number of alkyl halides is 2. The molecule has 1 rings (SSSR count). The molecular weight excluding hydrogens is 356 g/mol. The lowest BCUT2D eigenvalue weighted by molar-refractivity contribution is -0.148. The number of ether oxygens (including phenoxy) is 1. The summed E-state index contributed by atoms with van der Waals surface area (Å²) in [4.78, 5) is 24.2. The number of hydrogen-bond acceptors (Lipinski definition) is 4. The highest BCUT2D eigenvalue weighted by atomic mass is 19.3. The van der Waals surface area contributed by atoms with Crippen molar-refractivity contribution in [3.63, 3.8) is 0 Å². The number of esters is 1. The molecule has 0 aromatic rings. The standard InChI is InChI=1S/C20H33F2NO4/c1-3-4-7-10-17(24)13-12-16-15-20(21,22)19(26)23(16)14-9-6-5-8-11-18(25)27-2/h12-13,16-17,24H,3-11,14-15H2,1-2H3/b13-12+/t16-,17+/m0/s1. The van der Waals surface area contributed by atoms with Crippen molar-refractivity contribution in [3.8, 4) is 0 Å². The first-order valence-corrected chi connectivity index (χ1v) is 9.94. The molecular formula is C20H33F2NO4. The van der Waals surface area contributed by atoms with Gasteiger partial charge in [-0.2, -0.15) is 8.78 Å². The summed E-state index contributed by atoms with van der Waals surface area (Å²) in [5.74, 6) is -4.73. The van der Waals surface area contributed by atoms with Gasteiger partial charge >= 0.3 is 11.9 Å². The van der Waals surface area contributed by atoms with E-state index in [0.29, 0.717) is 25.7 Å². The summed E-state index contributed by atoms with van der Waals surface area (Å²) in [6, 6.07) is -0.677. The maximum atomic E-state index is 13.8. The Bertz CT molecular complexity index is 496. The zero-order valence-electron chi connectivity index (χ0n) is 16.5. The zero-order valence-corrected chi connectivity index (χ0v) is 16.5. The van der Waals surface area contributed by atoms with Crippen LogP contribution in [0.5, 0.6) is 0 Å². The minimum Gasteiger partial charge on any atom is -0.469 e. The second-order valence-electron chi connectivity index (χ2n) is 7.16. The van der Waals surface area contributed by atoms with Gasteiger partial charge in [0.05, 0.1) is 19.3 Å². The Kier molecular flexibility index (Phi) is 10.5. The van der Waals surface area contributed by atoms with Crippen molar-refractivity contribution in [2.24, 2.45) is 0 Å². The highest BCUT2D eigenvalue weighted by molar-refractivity contribution is 5.86. The van der Waals surface area contributed by atoms with Crippen molar-refractivity contribution >= 4 is 11.9 Å². The van der Waals surface area contributed by atoms with Crippen LogP contribution in [0.15, 0.2) is 12.2 Å². The van der Waals surface area contributed by atoms with E-state index >= 15 is 0 Å². The van der Waals surface area contributed by atoms with Crippen LogP contribution in [0.2, 0.25) is 0 Å². The van der Waals surface area contributed by atoms with E-state index in [1.807, 2.05) is 0 Å². The van der Waals surface area contributed by atoms with Crippen LogP contribution in [-0.4, -0.2) is 53.6 Å². The van der Waals surface area contributed by atoms with E-state index in [0.717, 1.165) is 32.1 Å². The number of aliphatic hydroxyl groups excluding tert-OH is 1. The summed E-state index contributed by atoms with van der Waals surface area (Å²) in [6.07, 6.45) is 8.61. The number of methoxy groups -OCH3 is 1. The van der Waals surface area contributed by atoms with Gasteiger partial charge in [0.1, 0.15) is 0 Å². The summed E-state index contributed by atoms with van der Waals surface area (Å²) >= 11 is 0. The first-order valence-electron chi connectivity index (χ1n) is 9.94. The molecule has 0 spiro atoms. The lowest BCUT2D eigenvalue weighted by atomic mass is 10.1. The van der Waals surface area contributed by atoms with Gasteiger partial charge in [0.2, 0.25) is 0 Å².